The second-order valence-corrected chi connectivity index (χ2v) is 9.88. The summed E-state index contributed by atoms with van der Waals surface area (Å²) in [5.41, 5.74) is 3.03. The minimum Gasteiger partial charge on any atom is -0.497 e. The zero-order valence-corrected chi connectivity index (χ0v) is 23.2. The Balaban J connectivity index is 1.20. The number of benzene rings is 2. The molecule has 0 aliphatic carbocycles. The maximum atomic E-state index is 13.3. The monoisotopic (exact) mass is 542 g/mol. The van der Waals surface area contributed by atoms with E-state index in [1.165, 1.54) is 0 Å². The van der Waals surface area contributed by atoms with Crippen molar-refractivity contribution in [1.29, 1.82) is 0 Å². The first-order chi connectivity index (χ1) is 19.4. The van der Waals surface area contributed by atoms with Crippen molar-refractivity contribution in [3.63, 3.8) is 0 Å². The highest BCUT2D eigenvalue weighted by molar-refractivity contribution is 5.95. The van der Waals surface area contributed by atoms with E-state index in [2.05, 4.69) is 20.6 Å². The number of ether oxygens (including phenoxy) is 2. The number of nitrogens with one attached hydrogen (secondary N) is 2. The number of methoxy groups -OCH3 is 2. The molecule has 1 aliphatic rings. The average Bonchev–Trinajstić information content (AvgIpc) is 3.00. The highest BCUT2D eigenvalue weighted by Gasteiger charge is 2.29. The van der Waals surface area contributed by atoms with Crippen molar-refractivity contribution < 1.29 is 19.1 Å². The van der Waals surface area contributed by atoms with E-state index in [9.17, 15) is 9.59 Å². The van der Waals surface area contributed by atoms with Crippen molar-refractivity contribution >= 4 is 45.0 Å². The van der Waals surface area contributed by atoms with Crippen LogP contribution in [-0.4, -0.2) is 84.1 Å². The van der Waals surface area contributed by atoms with E-state index in [1.54, 1.807) is 36.4 Å². The number of aromatic nitrogens is 2. The number of hydrogen-bond acceptors (Lipinski definition) is 8. The van der Waals surface area contributed by atoms with Crippen molar-refractivity contribution in [3.05, 3.63) is 60.9 Å². The Kier molecular flexibility index (Phi) is 7.86. The summed E-state index contributed by atoms with van der Waals surface area (Å²) in [5, 5.41) is 8.49. The summed E-state index contributed by atoms with van der Waals surface area (Å²) >= 11 is 0. The number of piperazine rings is 1. The summed E-state index contributed by atoms with van der Waals surface area (Å²) in [6.07, 6.45) is 3.46. The second kappa shape index (κ2) is 11.6. The van der Waals surface area contributed by atoms with Crippen molar-refractivity contribution in [3.8, 4) is 11.5 Å². The van der Waals surface area contributed by atoms with Crippen LogP contribution in [0.1, 0.15) is 13.8 Å². The van der Waals surface area contributed by atoms with E-state index in [0.29, 0.717) is 37.7 Å². The number of carbonyl (C=O) groups excluding carboxylic acids is 2. The van der Waals surface area contributed by atoms with Gasteiger partial charge in [0.1, 0.15) is 23.6 Å². The maximum Gasteiger partial charge on any atom is 0.244 e. The van der Waals surface area contributed by atoms with E-state index in [1.807, 2.05) is 62.4 Å². The molecule has 0 saturated carbocycles. The van der Waals surface area contributed by atoms with Gasteiger partial charge in [-0.1, -0.05) is 12.1 Å². The lowest BCUT2D eigenvalue weighted by Gasteiger charge is -2.37. The van der Waals surface area contributed by atoms with Crippen LogP contribution in [0.4, 0.5) is 11.4 Å². The number of pyridine rings is 2. The van der Waals surface area contributed by atoms with Gasteiger partial charge < -0.3 is 29.9 Å². The summed E-state index contributed by atoms with van der Waals surface area (Å²) in [7, 11) is 3.23. The normalized spacial score (nSPS) is 15.0. The lowest BCUT2D eigenvalue weighted by molar-refractivity contribution is -0.140. The number of nitrogens with zero attached hydrogens (tertiary/aromatic N) is 4. The Morgan fingerprint density at radius 3 is 1.50 bits per heavy atom. The van der Waals surface area contributed by atoms with Gasteiger partial charge in [0.25, 0.3) is 0 Å². The van der Waals surface area contributed by atoms with Crippen LogP contribution >= 0.6 is 0 Å². The van der Waals surface area contributed by atoms with Gasteiger partial charge in [0.15, 0.2) is 0 Å². The van der Waals surface area contributed by atoms with Crippen LogP contribution < -0.4 is 20.1 Å². The Labute approximate surface area is 233 Å². The second-order valence-electron chi connectivity index (χ2n) is 9.88. The standard InChI is InChI=1S/C30H34N6O4/c1-19(33-25-17-23(39-3)15-21-7-5-9-31-27(21)25)29(37)35-11-13-36(14-12-35)30(38)20(2)34-26-18-24(40-4)16-22-8-6-10-32-28(22)26/h5-10,15-20,33-34H,11-14H2,1-4H3. The zero-order valence-electron chi connectivity index (χ0n) is 23.2. The third kappa shape index (κ3) is 5.56. The van der Waals surface area contributed by atoms with Gasteiger partial charge in [-0.3, -0.25) is 19.6 Å². The fourth-order valence-corrected chi connectivity index (χ4v) is 5.07. The fraction of sp³-hybridized carbons (Fsp3) is 0.333. The lowest BCUT2D eigenvalue weighted by atomic mass is 10.1. The lowest BCUT2D eigenvalue weighted by Crippen LogP contribution is -2.55. The molecule has 2 aromatic heterocycles. The van der Waals surface area contributed by atoms with Crippen molar-refractivity contribution in [1.82, 2.24) is 19.8 Å². The number of amides is 2. The van der Waals surface area contributed by atoms with E-state index in [4.69, 9.17) is 9.47 Å². The molecule has 1 aliphatic heterocycles. The van der Waals surface area contributed by atoms with Crippen LogP contribution in [0.15, 0.2) is 60.9 Å². The number of rotatable bonds is 8. The molecule has 208 valence electrons. The quantitative estimate of drug-likeness (QED) is 0.346. The minimum atomic E-state index is -0.478. The molecule has 2 amide bonds. The molecule has 10 heteroatoms. The molecule has 4 aromatic rings. The molecular formula is C30H34N6O4. The highest BCUT2D eigenvalue weighted by Crippen LogP contribution is 2.29. The van der Waals surface area contributed by atoms with Crippen LogP contribution in [0.25, 0.3) is 21.8 Å². The molecular weight excluding hydrogens is 508 g/mol. The average molecular weight is 543 g/mol. The highest BCUT2D eigenvalue weighted by atomic mass is 16.5. The topological polar surface area (TPSA) is 109 Å². The summed E-state index contributed by atoms with van der Waals surface area (Å²) in [6, 6.07) is 14.2. The summed E-state index contributed by atoms with van der Waals surface area (Å²) < 4.78 is 10.9. The predicted molar refractivity (Wildman–Crippen MR) is 156 cm³/mol. The maximum absolute atomic E-state index is 13.3. The summed E-state index contributed by atoms with van der Waals surface area (Å²) in [5.74, 6) is 1.32. The number of hydrogen-bond donors (Lipinski definition) is 2. The molecule has 0 bridgehead atoms. The molecule has 1 fully saturated rings. The van der Waals surface area contributed by atoms with E-state index in [0.717, 1.165) is 33.2 Å². The first kappa shape index (κ1) is 27.0. The Bertz CT molecular complexity index is 1420. The molecule has 1 saturated heterocycles. The molecule has 2 N–H and O–H groups in total. The Morgan fingerprint density at radius 2 is 1.12 bits per heavy atom. The van der Waals surface area contributed by atoms with Gasteiger partial charge in [-0.25, -0.2) is 0 Å². The number of anilines is 2. The minimum absolute atomic E-state index is 0.0286. The van der Waals surface area contributed by atoms with E-state index >= 15 is 0 Å². The van der Waals surface area contributed by atoms with Crippen molar-refractivity contribution in [2.45, 2.75) is 25.9 Å². The van der Waals surface area contributed by atoms with Crippen LogP contribution in [-0.2, 0) is 9.59 Å². The number of carbonyl (C=O) groups is 2. The van der Waals surface area contributed by atoms with Gasteiger partial charge in [0.05, 0.1) is 36.6 Å². The first-order valence-corrected chi connectivity index (χ1v) is 13.3. The van der Waals surface area contributed by atoms with Gasteiger partial charge in [-0.15, -0.1) is 0 Å². The van der Waals surface area contributed by atoms with E-state index in [-0.39, 0.29) is 11.8 Å². The zero-order chi connectivity index (χ0) is 28.2. The Morgan fingerprint density at radius 1 is 0.725 bits per heavy atom. The molecule has 2 aromatic carbocycles. The van der Waals surface area contributed by atoms with Crippen molar-refractivity contribution in [2.75, 3.05) is 51.0 Å². The fourth-order valence-electron chi connectivity index (χ4n) is 5.07. The molecule has 5 rings (SSSR count). The summed E-state index contributed by atoms with van der Waals surface area (Å²) in [4.78, 5) is 39.2. The van der Waals surface area contributed by atoms with Gasteiger partial charge >= 0.3 is 0 Å². The van der Waals surface area contributed by atoms with Crippen LogP contribution in [0, 0.1) is 0 Å². The largest absolute Gasteiger partial charge is 0.497 e. The van der Waals surface area contributed by atoms with Crippen LogP contribution in [0.5, 0.6) is 11.5 Å². The van der Waals surface area contributed by atoms with Gasteiger partial charge in [-0.05, 0) is 38.1 Å². The molecule has 2 atom stereocenters. The van der Waals surface area contributed by atoms with E-state index < -0.39 is 12.1 Å². The molecule has 3 heterocycles. The Hall–Kier alpha value is -4.60. The molecule has 0 radical (unpaired) electrons. The third-order valence-corrected chi connectivity index (χ3v) is 7.22. The molecule has 40 heavy (non-hydrogen) atoms. The molecule has 0 spiro atoms. The SMILES string of the molecule is COc1cc(NC(C)C(=O)N2CCN(C(=O)C(C)Nc3cc(OC)cc4cccnc34)CC2)c2ncccc2c1. The molecule has 2 unspecified atom stereocenters. The van der Waals surface area contributed by atoms with Crippen LogP contribution in [0.3, 0.4) is 0 Å². The van der Waals surface area contributed by atoms with Crippen LogP contribution in [0.2, 0.25) is 0 Å². The van der Waals surface area contributed by atoms with Gasteiger partial charge in [0, 0.05) is 61.5 Å². The third-order valence-electron chi connectivity index (χ3n) is 7.22. The van der Waals surface area contributed by atoms with Gasteiger partial charge in [-0.2, -0.15) is 0 Å². The molecule has 10 nitrogen and oxygen atoms in total. The van der Waals surface area contributed by atoms with Gasteiger partial charge in [0.2, 0.25) is 11.8 Å². The first-order valence-electron chi connectivity index (χ1n) is 13.3. The smallest absolute Gasteiger partial charge is 0.244 e. The number of fused-ring (bicyclic) bond motifs is 2. The van der Waals surface area contributed by atoms with Crippen molar-refractivity contribution in [2.24, 2.45) is 0 Å². The summed E-state index contributed by atoms with van der Waals surface area (Å²) in [6.45, 7) is 5.53. The predicted octanol–water partition coefficient (Wildman–Crippen LogP) is 3.77.